The molecule has 0 fully saturated rings. The molecule has 23 heavy (non-hydrogen) atoms. The first-order chi connectivity index (χ1) is 10.6. The van der Waals surface area contributed by atoms with Gasteiger partial charge < -0.3 is 4.74 Å². The lowest BCUT2D eigenvalue weighted by molar-refractivity contribution is 0.0498. The van der Waals surface area contributed by atoms with Gasteiger partial charge in [0.2, 0.25) is 0 Å². The van der Waals surface area contributed by atoms with Crippen LogP contribution in [0.3, 0.4) is 0 Å². The SMILES string of the molecule is CC(C)(C)OC1=CC=C(Sc2ccc(C(C)(C)C)cc2)C=CC1. The Kier molecular flexibility index (Phi) is 5.46. The first-order valence-corrected chi connectivity index (χ1v) is 9.00. The lowest BCUT2D eigenvalue weighted by atomic mass is 9.87. The largest absolute Gasteiger partial charge is 0.492 e. The fourth-order valence-electron chi connectivity index (χ4n) is 2.29. The number of allylic oxidation sites excluding steroid dienone is 4. The number of benzene rings is 1. The zero-order valence-corrected chi connectivity index (χ0v) is 16.0. The minimum absolute atomic E-state index is 0.145. The molecule has 0 heterocycles. The molecule has 0 unspecified atom stereocenters. The van der Waals surface area contributed by atoms with Crippen molar-refractivity contribution in [2.45, 2.75) is 63.9 Å². The number of rotatable bonds is 3. The molecule has 1 nitrogen and oxygen atoms in total. The topological polar surface area (TPSA) is 9.23 Å². The van der Waals surface area contributed by atoms with Crippen molar-refractivity contribution in [3.63, 3.8) is 0 Å². The smallest absolute Gasteiger partial charge is 0.101 e. The van der Waals surface area contributed by atoms with Crippen molar-refractivity contribution in [1.29, 1.82) is 0 Å². The highest BCUT2D eigenvalue weighted by Gasteiger charge is 2.14. The third-order valence-corrected chi connectivity index (χ3v) is 4.44. The second-order valence-electron chi connectivity index (χ2n) is 7.90. The Bertz CT molecular complexity index is 619. The third-order valence-electron chi connectivity index (χ3n) is 3.43. The monoisotopic (exact) mass is 328 g/mol. The summed E-state index contributed by atoms with van der Waals surface area (Å²) in [5.74, 6) is 1.02. The van der Waals surface area contributed by atoms with Gasteiger partial charge in [-0.2, -0.15) is 0 Å². The van der Waals surface area contributed by atoms with E-state index in [0.29, 0.717) is 0 Å². The van der Waals surface area contributed by atoms with Crippen molar-refractivity contribution in [3.8, 4) is 0 Å². The van der Waals surface area contributed by atoms with Crippen LogP contribution in [0.25, 0.3) is 0 Å². The number of thioether (sulfide) groups is 1. The summed E-state index contributed by atoms with van der Waals surface area (Å²) in [6.45, 7) is 13.0. The summed E-state index contributed by atoms with van der Waals surface area (Å²) in [6.07, 6.45) is 9.44. The van der Waals surface area contributed by atoms with Crippen LogP contribution in [-0.4, -0.2) is 5.60 Å². The van der Waals surface area contributed by atoms with E-state index in [2.05, 4.69) is 90.1 Å². The Morgan fingerprint density at radius 3 is 2.13 bits per heavy atom. The van der Waals surface area contributed by atoms with Crippen LogP contribution in [-0.2, 0) is 10.2 Å². The van der Waals surface area contributed by atoms with Gasteiger partial charge in [0.15, 0.2) is 0 Å². The van der Waals surface area contributed by atoms with Gasteiger partial charge in [-0.25, -0.2) is 0 Å². The highest BCUT2D eigenvalue weighted by molar-refractivity contribution is 8.03. The maximum Gasteiger partial charge on any atom is 0.101 e. The van der Waals surface area contributed by atoms with E-state index in [0.717, 1.165) is 12.2 Å². The van der Waals surface area contributed by atoms with Gasteiger partial charge in [-0.3, -0.25) is 0 Å². The minimum atomic E-state index is -0.145. The third kappa shape index (κ3) is 5.95. The lowest BCUT2D eigenvalue weighted by Crippen LogP contribution is -2.18. The zero-order valence-electron chi connectivity index (χ0n) is 15.1. The van der Waals surface area contributed by atoms with Crippen molar-refractivity contribution >= 4 is 11.8 Å². The van der Waals surface area contributed by atoms with E-state index in [9.17, 15) is 0 Å². The second kappa shape index (κ2) is 7.00. The number of hydrogen-bond donors (Lipinski definition) is 0. The van der Waals surface area contributed by atoms with Gasteiger partial charge in [0.05, 0.1) is 0 Å². The maximum absolute atomic E-state index is 5.97. The molecule has 1 aliphatic rings. The summed E-state index contributed by atoms with van der Waals surface area (Å²) in [6, 6.07) is 8.88. The summed E-state index contributed by atoms with van der Waals surface area (Å²) < 4.78 is 5.97. The molecular formula is C21H28OS. The molecule has 1 aromatic carbocycles. The van der Waals surface area contributed by atoms with Crippen molar-refractivity contribution in [1.82, 2.24) is 0 Å². The predicted octanol–water partition coefficient (Wildman–Crippen LogP) is 6.62. The quantitative estimate of drug-likeness (QED) is 0.616. The van der Waals surface area contributed by atoms with Gasteiger partial charge >= 0.3 is 0 Å². The van der Waals surface area contributed by atoms with Gasteiger partial charge in [-0.1, -0.05) is 56.8 Å². The highest BCUT2D eigenvalue weighted by Crippen LogP contribution is 2.32. The van der Waals surface area contributed by atoms with Gasteiger partial charge in [0.1, 0.15) is 11.4 Å². The molecule has 0 aliphatic heterocycles. The summed E-state index contributed by atoms with van der Waals surface area (Å²) in [5.41, 5.74) is 1.42. The van der Waals surface area contributed by atoms with Crippen LogP contribution in [0.1, 0.15) is 53.5 Å². The first kappa shape index (κ1) is 17.9. The molecule has 124 valence electrons. The molecule has 1 aromatic rings. The molecule has 1 aliphatic carbocycles. The van der Waals surface area contributed by atoms with E-state index in [1.807, 2.05) is 0 Å². The van der Waals surface area contributed by atoms with Crippen molar-refractivity contribution in [2.75, 3.05) is 0 Å². The van der Waals surface area contributed by atoms with E-state index in [1.54, 1.807) is 11.8 Å². The van der Waals surface area contributed by atoms with Crippen LogP contribution in [0.15, 0.2) is 64.1 Å². The number of hydrogen-bond acceptors (Lipinski definition) is 2. The molecular weight excluding hydrogens is 300 g/mol. The van der Waals surface area contributed by atoms with Crippen LogP contribution >= 0.6 is 11.8 Å². The Hall–Kier alpha value is -1.41. The molecule has 0 atom stereocenters. The van der Waals surface area contributed by atoms with E-state index < -0.39 is 0 Å². The van der Waals surface area contributed by atoms with Crippen LogP contribution in [0.4, 0.5) is 0 Å². The highest BCUT2D eigenvalue weighted by atomic mass is 32.2. The molecule has 2 rings (SSSR count). The van der Waals surface area contributed by atoms with Gasteiger partial charge in [-0.15, -0.1) is 0 Å². The summed E-state index contributed by atoms with van der Waals surface area (Å²) in [4.78, 5) is 2.50. The molecule has 0 saturated carbocycles. The standard InChI is InChI=1S/C21H28OS/c1-20(2,3)16-10-13-19(14-11-16)23-18-9-7-8-17(12-15-18)22-21(4,5)6/h7,9-15H,8H2,1-6H3. The molecule has 0 N–H and O–H groups in total. The average molecular weight is 329 g/mol. The fraction of sp³-hybridized carbons (Fsp3) is 0.429. The van der Waals surface area contributed by atoms with Crippen LogP contribution in [0.2, 0.25) is 0 Å². The van der Waals surface area contributed by atoms with Crippen molar-refractivity contribution in [3.05, 3.63) is 64.8 Å². The Labute approximate surface area is 145 Å². The van der Waals surface area contributed by atoms with Gasteiger partial charge in [-0.05, 0) is 56.0 Å². The van der Waals surface area contributed by atoms with Crippen LogP contribution < -0.4 is 0 Å². The summed E-state index contributed by atoms with van der Waals surface area (Å²) in [5, 5.41) is 0. The van der Waals surface area contributed by atoms with Gasteiger partial charge in [0.25, 0.3) is 0 Å². The van der Waals surface area contributed by atoms with E-state index in [4.69, 9.17) is 4.74 Å². The molecule has 0 spiro atoms. The van der Waals surface area contributed by atoms with E-state index in [-0.39, 0.29) is 11.0 Å². The minimum Gasteiger partial charge on any atom is -0.492 e. The second-order valence-corrected chi connectivity index (χ2v) is 9.05. The Morgan fingerprint density at radius 1 is 0.913 bits per heavy atom. The predicted molar refractivity (Wildman–Crippen MR) is 102 cm³/mol. The Balaban J connectivity index is 2.08. The Morgan fingerprint density at radius 2 is 1.57 bits per heavy atom. The summed E-state index contributed by atoms with van der Waals surface area (Å²) in [7, 11) is 0. The molecule has 0 bridgehead atoms. The molecule has 0 saturated heterocycles. The average Bonchev–Trinajstić information content (AvgIpc) is 2.62. The molecule has 0 radical (unpaired) electrons. The molecule has 0 amide bonds. The maximum atomic E-state index is 5.97. The van der Waals surface area contributed by atoms with E-state index in [1.165, 1.54) is 15.4 Å². The van der Waals surface area contributed by atoms with Gasteiger partial charge in [0, 0.05) is 16.2 Å². The van der Waals surface area contributed by atoms with Crippen LogP contribution in [0, 0.1) is 0 Å². The first-order valence-electron chi connectivity index (χ1n) is 8.18. The number of ether oxygens (including phenoxy) is 1. The van der Waals surface area contributed by atoms with Crippen LogP contribution in [0.5, 0.6) is 0 Å². The van der Waals surface area contributed by atoms with Crippen molar-refractivity contribution < 1.29 is 4.74 Å². The van der Waals surface area contributed by atoms with Crippen molar-refractivity contribution in [2.24, 2.45) is 0 Å². The summed E-state index contributed by atoms with van der Waals surface area (Å²) >= 11 is 1.79. The lowest BCUT2D eigenvalue weighted by Gasteiger charge is -2.22. The molecule has 2 heteroatoms. The zero-order chi connectivity index (χ0) is 17.1. The normalized spacial score (nSPS) is 15.7. The molecule has 0 aromatic heterocycles. The fourth-order valence-corrected chi connectivity index (χ4v) is 3.13. The van der Waals surface area contributed by atoms with E-state index >= 15 is 0 Å².